The van der Waals surface area contributed by atoms with Gasteiger partial charge in [-0.15, -0.1) is 0 Å². The zero-order valence-corrected chi connectivity index (χ0v) is 9.82. The van der Waals surface area contributed by atoms with Gasteiger partial charge in [-0.2, -0.15) is 0 Å². The Morgan fingerprint density at radius 2 is 2.07 bits per heavy atom. The second-order valence-corrected chi connectivity index (χ2v) is 4.46. The van der Waals surface area contributed by atoms with Gasteiger partial charge in [0.2, 0.25) is 5.91 Å². The van der Waals surface area contributed by atoms with Crippen molar-refractivity contribution in [3.8, 4) is 0 Å². The molecule has 0 spiro atoms. The van der Waals surface area contributed by atoms with E-state index in [1.807, 2.05) is 0 Å². The van der Waals surface area contributed by atoms with Crippen molar-refractivity contribution in [2.45, 2.75) is 20.3 Å². The highest BCUT2D eigenvalue weighted by Crippen LogP contribution is 2.38. The number of carbonyl (C=O) groups is 2. The molecule has 86 valence electrons. The van der Waals surface area contributed by atoms with E-state index in [1.165, 1.54) is 7.11 Å². The standard InChI is InChI=1S/C11H19NO3/c1-7-5-9(7)10(13)12(3)6-8(2)11(14)15-4/h7-9H,5-6H2,1-4H3. The smallest absolute Gasteiger partial charge is 0.310 e. The highest BCUT2D eigenvalue weighted by molar-refractivity contribution is 5.82. The van der Waals surface area contributed by atoms with Crippen molar-refractivity contribution in [1.82, 2.24) is 4.90 Å². The van der Waals surface area contributed by atoms with Gasteiger partial charge in [-0.05, 0) is 12.3 Å². The van der Waals surface area contributed by atoms with Crippen LogP contribution in [0.3, 0.4) is 0 Å². The SMILES string of the molecule is COC(=O)C(C)CN(C)C(=O)C1CC1C. The van der Waals surface area contributed by atoms with Crippen LogP contribution in [0.25, 0.3) is 0 Å². The average molecular weight is 213 g/mol. The minimum atomic E-state index is -0.265. The van der Waals surface area contributed by atoms with Crippen LogP contribution in [-0.4, -0.2) is 37.5 Å². The molecule has 0 heterocycles. The van der Waals surface area contributed by atoms with Crippen LogP contribution in [0.2, 0.25) is 0 Å². The maximum Gasteiger partial charge on any atom is 0.310 e. The van der Waals surface area contributed by atoms with Gasteiger partial charge in [-0.3, -0.25) is 9.59 Å². The summed E-state index contributed by atoms with van der Waals surface area (Å²) in [6.45, 7) is 4.28. The summed E-state index contributed by atoms with van der Waals surface area (Å²) in [6.07, 6.45) is 0.982. The number of esters is 1. The van der Waals surface area contributed by atoms with Gasteiger partial charge in [0.05, 0.1) is 13.0 Å². The number of nitrogens with zero attached hydrogens (tertiary/aromatic N) is 1. The molecule has 1 fully saturated rings. The van der Waals surface area contributed by atoms with Crippen LogP contribution in [-0.2, 0) is 14.3 Å². The summed E-state index contributed by atoms with van der Waals surface area (Å²) in [5.41, 5.74) is 0. The van der Waals surface area contributed by atoms with E-state index in [9.17, 15) is 9.59 Å². The monoisotopic (exact) mass is 213 g/mol. The number of rotatable bonds is 4. The van der Waals surface area contributed by atoms with Crippen LogP contribution in [0.15, 0.2) is 0 Å². The van der Waals surface area contributed by atoms with Crippen molar-refractivity contribution < 1.29 is 14.3 Å². The molecule has 0 bridgehead atoms. The lowest BCUT2D eigenvalue weighted by molar-refractivity contribution is -0.146. The van der Waals surface area contributed by atoms with Crippen LogP contribution in [0, 0.1) is 17.8 Å². The predicted molar refractivity (Wildman–Crippen MR) is 56.1 cm³/mol. The quantitative estimate of drug-likeness (QED) is 0.652. The highest BCUT2D eigenvalue weighted by atomic mass is 16.5. The van der Waals surface area contributed by atoms with Crippen LogP contribution in [0.4, 0.5) is 0 Å². The molecular formula is C11H19NO3. The fraction of sp³-hybridized carbons (Fsp3) is 0.818. The normalized spacial score (nSPS) is 25.6. The summed E-state index contributed by atoms with van der Waals surface area (Å²) >= 11 is 0. The molecule has 1 saturated carbocycles. The first-order valence-electron chi connectivity index (χ1n) is 5.30. The molecule has 4 heteroatoms. The Kier molecular flexibility index (Phi) is 3.72. The molecule has 4 nitrogen and oxygen atoms in total. The average Bonchev–Trinajstić information content (AvgIpc) is 2.92. The molecule has 0 aliphatic heterocycles. The summed E-state index contributed by atoms with van der Waals surface area (Å²) in [6, 6.07) is 0. The predicted octanol–water partition coefficient (Wildman–Crippen LogP) is 0.910. The Hall–Kier alpha value is -1.06. The van der Waals surface area contributed by atoms with Gasteiger partial charge < -0.3 is 9.64 Å². The summed E-state index contributed by atoms with van der Waals surface area (Å²) in [5.74, 6) is 0.322. The van der Waals surface area contributed by atoms with Crippen LogP contribution < -0.4 is 0 Å². The van der Waals surface area contributed by atoms with Crippen molar-refractivity contribution in [2.24, 2.45) is 17.8 Å². The third kappa shape index (κ3) is 2.94. The number of ether oxygens (including phenoxy) is 1. The van der Waals surface area contributed by atoms with E-state index in [0.29, 0.717) is 12.5 Å². The molecule has 0 saturated heterocycles. The molecule has 0 aromatic heterocycles. The first-order chi connectivity index (χ1) is 6.97. The van der Waals surface area contributed by atoms with Crippen molar-refractivity contribution >= 4 is 11.9 Å². The van der Waals surface area contributed by atoms with E-state index in [4.69, 9.17) is 0 Å². The Bertz CT molecular complexity index is 265. The van der Waals surface area contributed by atoms with E-state index >= 15 is 0 Å². The fourth-order valence-corrected chi connectivity index (χ4v) is 1.73. The van der Waals surface area contributed by atoms with Gasteiger partial charge >= 0.3 is 5.97 Å². The number of hydrogen-bond acceptors (Lipinski definition) is 3. The Morgan fingerprint density at radius 3 is 2.47 bits per heavy atom. The van der Waals surface area contributed by atoms with E-state index in [1.54, 1.807) is 18.9 Å². The van der Waals surface area contributed by atoms with Gasteiger partial charge in [0.25, 0.3) is 0 Å². The largest absolute Gasteiger partial charge is 0.469 e. The topological polar surface area (TPSA) is 46.6 Å². The number of hydrogen-bond donors (Lipinski definition) is 0. The second-order valence-electron chi connectivity index (χ2n) is 4.46. The molecule has 3 atom stereocenters. The summed E-state index contributed by atoms with van der Waals surface area (Å²) in [7, 11) is 3.11. The number of methoxy groups -OCH3 is 1. The van der Waals surface area contributed by atoms with Gasteiger partial charge in [-0.25, -0.2) is 0 Å². The maximum absolute atomic E-state index is 11.7. The minimum absolute atomic E-state index is 0.151. The molecule has 0 aromatic rings. The lowest BCUT2D eigenvalue weighted by atomic mass is 10.1. The van der Waals surface area contributed by atoms with Crippen molar-refractivity contribution in [2.75, 3.05) is 20.7 Å². The van der Waals surface area contributed by atoms with Gasteiger partial charge in [0, 0.05) is 19.5 Å². The number of carbonyl (C=O) groups excluding carboxylic acids is 2. The van der Waals surface area contributed by atoms with E-state index in [0.717, 1.165) is 6.42 Å². The summed E-state index contributed by atoms with van der Waals surface area (Å²) in [4.78, 5) is 24.5. The van der Waals surface area contributed by atoms with E-state index < -0.39 is 0 Å². The molecule has 15 heavy (non-hydrogen) atoms. The second kappa shape index (κ2) is 4.64. The Labute approximate surface area is 90.6 Å². The van der Waals surface area contributed by atoms with Crippen molar-refractivity contribution in [1.29, 1.82) is 0 Å². The molecule has 3 unspecified atom stereocenters. The molecular weight excluding hydrogens is 194 g/mol. The lowest BCUT2D eigenvalue weighted by Crippen LogP contribution is -2.35. The summed E-state index contributed by atoms with van der Waals surface area (Å²) < 4.78 is 4.61. The van der Waals surface area contributed by atoms with E-state index in [-0.39, 0.29) is 23.7 Å². The Morgan fingerprint density at radius 1 is 1.53 bits per heavy atom. The fourth-order valence-electron chi connectivity index (χ4n) is 1.73. The van der Waals surface area contributed by atoms with Gasteiger partial charge in [0.15, 0.2) is 0 Å². The molecule has 1 rings (SSSR count). The first-order valence-corrected chi connectivity index (χ1v) is 5.30. The van der Waals surface area contributed by atoms with E-state index in [2.05, 4.69) is 11.7 Å². The van der Waals surface area contributed by atoms with Crippen LogP contribution in [0.1, 0.15) is 20.3 Å². The molecule has 1 amide bonds. The lowest BCUT2D eigenvalue weighted by Gasteiger charge is -2.20. The van der Waals surface area contributed by atoms with Gasteiger partial charge in [-0.1, -0.05) is 13.8 Å². The molecule has 1 aliphatic carbocycles. The zero-order chi connectivity index (χ0) is 11.6. The Balaban J connectivity index is 2.38. The zero-order valence-electron chi connectivity index (χ0n) is 9.82. The van der Waals surface area contributed by atoms with Crippen LogP contribution >= 0.6 is 0 Å². The van der Waals surface area contributed by atoms with Crippen molar-refractivity contribution in [3.05, 3.63) is 0 Å². The molecule has 0 aromatic carbocycles. The third-order valence-corrected chi connectivity index (χ3v) is 2.95. The van der Waals surface area contributed by atoms with Crippen molar-refractivity contribution in [3.63, 3.8) is 0 Å². The van der Waals surface area contributed by atoms with Crippen LogP contribution in [0.5, 0.6) is 0 Å². The minimum Gasteiger partial charge on any atom is -0.469 e. The molecule has 0 N–H and O–H groups in total. The highest BCUT2D eigenvalue weighted by Gasteiger charge is 2.40. The first kappa shape index (κ1) is 12.0. The summed E-state index contributed by atoms with van der Waals surface area (Å²) in [5, 5.41) is 0. The van der Waals surface area contributed by atoms with Gasteiger partial charge in [0.1, 0.15) is 0 Å². The molecule has 1 aliphatic rings. The maximum atomic E-state index is 11.7. The third-order valence-electron chi connectivity index (χ3n) is 2.95. The molecule has 0 radical (unpaired) electrons. The number of amides is 1.